The van der Waals surface area contributed by atoms with E-state index in [9.17, 15) is 9.50 Å². The highest BCUT2D eigenvalue weighted by Gasteiger charge is 2.26. The molecule has 0 spiro atoms. The number of benzene rings is 1. The molecule has 0 heterocycles. The topological polar surface area (TPSA) is 23.5 Å². The molecule has 1 aliphatic rings. The fourth-order valence-corrected chi connectivity index (χ4v) is 2.41. The molecule has 0 saturated heterocycles. The third kappa shape index (κ3) is 3.02. The molecule has 0 aliphatic heterocycles. The van der Waals surface area contributed by atoms with Crippen molar-refractivity contribution >= 4 is 5.69 Å². The van der Waals surface area contributed by atoms with Crippen LogP contribution in [0.25, 0.3) is 0 Å². The molecule has 1 N–H and O–H groups in total. The molecule has 100 valence electrons. The summed E-state index contributed by atoms with van der Waals surface area (Å²) in [5.74, 6) is 0.445. The normalized spacial score (nSPS) is 16.7. The zero-order valence-electron chi connectivity index (χ0n) is 11.2. The molecule has 3 heteroatoms. The van der Waals surface area contributed by atoms with Gasteiger partial charge in [-0.15, -0.1) is 0 Å². The lowest BCUT2D eigenvalue weighted by molar-refractivity contribution is 0.194. The summed E-state index contributed by atoms with van der Waals surface area (Å²) in [4.78, 5) is 2.22. The number of aliphatic hydroxyl groups is 1. The van der Waals surface area contributed by atoms with Crippen molar-refractivity contribution in [2.45, 2.75) is 39.2 Å². The smallest absolute Gasteiger partial charge is 0.131 e. The highest BCUT2D eigenvalue weighted by molar-refractivity contribution is 5.55. The quantitative estimate of drug-likeness (QED) is 0.836. The summed E-state index contributed by atoms with van der Waals surface area (Å²) in [5, 5.41) is 9.79. The average Bonchev–Trinajstić information content (AvgIpc) is 3.11. The molecule has 0 aromatic heterocycles. The van der Waals surface area contributed by atoms with Gasteiger partial charge in [0.2, 0.25) is 0 Å². The lowest BCUT2D eigenvalue weighted by atomic mass is 10.1. The summed E-state index contributed by atoms with van der Waals surface area (Å²) in [6.45, 7) is 5.65. The van der Waals surface area contributed by atoms with Gasteiger partial charge in [-0.2, -0.15) is 0 Å². The van der Waals surface area contributed by atoms with Crippen LogP contribution < -0.4 is 4.90 Å². The van der Waals surface area contributed by atoms with Gasteiger partial charge in [-0.3, -0.25) is 0 Å². The molecule has 0 amide bonds. The van der Waals surface area contributed by atoms with Crippen LogP contribution in [-0.4, -0.2) is 18.2 Å². The van der Waals surface area contributed by atoms with E-state index in [1.807, 2.05) is 6.07 Å². The third-order valence-electron chi connectivity index (χ3n) is 3.46. The maximum atomic E-state index is 13.9. The van der Waals surface area contributed by atoms with Crippen LogP contribution in [0, 0.1) is 11.7 Å². The van der Waals surface area contributed by atoms with Gasteiger partial charge >= 0.3 is 0 Å². The fourth-order valence-electron chi connectivity index (χ4n) is 2.41. The molecule has 2 rings (SSSR count). The molecule has 1 aliphatic carbocycles. The Morgan fingerprint density at radius 1 is 1.44 bits per heavy atom. The van der Waals surface area contributed by atoms with Gasteiger partial charge in [-0.25, -0.2) is 4.39 Å². The zero-order chi connectivity index (χ0) is 13.1. The Balaban J connectivity index is 2.29. The number of halogens is 1. The number of anilines is 1. The molecule has 1 aromatic rings. The Bertz CT molecular complexity index is 401. The van der Waals surface area contributed by atoms with Crippen molar-refractivity contribution in [3.8, 4) is 0 Å². The first kappa shape index (κ1) is 13.3. The van der Waals surface area contributed by atoms with E-state index < -0.39 is 6.10 Å². The Morgan fingerprint density at radius 3 is 2.72 bits per heavy atom. The van der Waals surface area contributed by atoms with E-state index in [2.05, 4.69) is 11.8 Å². The summed E-state index contributed by atoms with van der Waals surface area (Å²) in [5.41, 5.74) is 1.30. The molecule has 0 radical (unpaired) electrons. The third-order valence-corrected chi connectivity index (χ3v) is 3.46. The molecule has 1 fully saturated rings. The van der Waals surface area contributed by atoms with E-state index in [0.717, 1.165) is 31.1 Å². The molecule has 2 nitrogen and oxygen atoms in total. The molecule has 18 heavy (non-hydrogen) atoms. The van der Waals surface area contributed by atoms with Gasteiger partial charge in [0.1, 0.15) is 5.82 Å². The number of nitrogens with zero attached hydrogens (tertiary/aromatic N) is 1. The minimum Gasteiger partial charge on any atom is -0.389 e. The maximum absolute atomic E-state index is 13.9. The maximum Gasteiger partial charge on any atom is 0.131 e. The zero-order valence-corrected chi connectivity index (χ0v) is 11.2. The van der Waals surface area contributed by atoms with E-state index in [-0.39, 0.29) is 5.82 Å². The van der Waals surface area contributed by atoms with Crippen LogP contribution in [0.1, 0.15) is 44.8 Å². The highest BCUT2D eigenvalue weighted by Crippen LogP contribution is 2.34. The van der Waals surface area contributed by atoms with Gasteiger partial charge < -0.3 is 10.0 Å². The van der Waals surface area contributed by atoms with E-state index >= 15 is 0 Å². The van der Waals surface area contributed by atoms with Gasteiger partial charge in [0.05, 0.1) is 6.10 Å². The van der Waals surface area contributed by atoms with Crippen LogP contribution in [0.3, 0.4) is 0 Å². The van der Waals surface area contributed by atoms with Crippen molar-refractivity contribution in [1.82, 2.24) is 0 Å². The SMILES string of the molecule is CCCN(CC1CC1)c1cccc(F)c1C(C)O. The minimum atomic E-state index is -0.764. The highest BCUT2D eigenvalue weighted by atomic mass is 19.1. The van der Waals surface area contributed by atoms with Crippen molar-refractivity contribution in [2.24, 2.45) is 5.92 Å². The van der Waals surface area contributed by atoms with Crippen LogP contribution in [0.15, 0.2) is 18.2 Å². The van der Waals surface area contributed by atoms with Gasteiger partial charge in [0.15, 0.2) is 0 Å². The van der Waals surface area contributed by atoms with E-state index in [1.54, 1.807) is 13.0 Å². The number of aliphatic hydroxyl groups excluding tert-OH is 1. The van der Waals surface area contributed by atoms with Gasteiger partial charge in [0, 0.05) is 24.3 Å². The molecule has 1 unspecified atom stereocenters. The molecular formula is C15H22FNO. The van der Waals surface area contributed by atoms with E-state index in [4.69, 9.17) is 0 Å². The second-order valence-electron chi connectivity index (χ2n) is 5.24. The summed E-state index contributed by atoms with van der Waals surface area (Å²) in [6.07, 6.45) is 2.82. The molecule has 1 saturated carbocycles. The predicted octanol–water partition coefficient (Wildman–Crippen LogP) is 3.51. The summed E-state index contributed by atoms with van der Waals surface area (Å²) >= 11 is 0. The Labute approximate surface area is 108 Å². The van der Waals surface area contributed by atoms with E-state index in [0.29, 0.717) is 5.56 Å². The van der Waals surface area contributed by atoms with Crippen LogP contribution in [0.4, 0.5) is 10.1 Å². The predicted molar refractivity (Wildman–Crippen MR) is 72.3 cm³/mol. The first-order valence-corrected chi connectivity index (χ1v) is 6.85. The monoisotopic (exact) mass is 251 g/mol. The van der Waals surface area contributed by atoms with Gasteiger partial charge in [-0.1, -0.05) is 13.0 Å². The van der Waals surface area contributed by atoms with Crippen LogP contribution >= 0.6 is 0 Å². The van der Waals surface area contributed by atoms with Crippen LogP contribution in [0.2, 0.25) is 0 Å². The second kappa shape index (κ2) is 5.70. The molecule has 1 aromatic carbocycles. The summed E-state index contributed by atoms with van der Waals surface area (Å²) in [7, 11) is 0. The van der Waals surface area contributed by atoms with Crippen molar-refractivity contribution in [1.29, 1.82) is 0 Å². The van der Waals surface area contributed by atoms with Gasteiger partial charge in [0.25, 0.3) is 0 Å². The Kier molecular flexibility index (Phi) is 4.23. The Hall–Kier alpha value is -1.09. The fraction of sp³-hybridized carbons (Fsp3) is 0.600. The Morgan fingerprint density at radius 2 is 2.17 bits per heavy atom. The lowest BCUT2D eigenvalue weighted by Crippen LogP contribution is -2.28. The van der Waals surface area contributed by atoms with Crippen LogP contribution in [0.5, 0.6) is 0 Å². The number of hydrogen-bond acceptors (Lipinski definition) is 2. The summed E-state index contributed by atoms with van der Waals surface area (Å²) < 4.78 is 13.9. The second-order valence-corrected chi connectivity index (χ2v) is 5.24. The first-order valence-electron chi connectivity index (χ1n) is 6.85. The van der Waals surface area contributed by atoms with E-state index in [1.165, 1.54) is 18.9 Å². The van der Waals surface area contributed by atoms with Crippen molar-refractivity contribution in [3.63, 3.8) is 0 Å². The van der Waals surface area contributed by atoms with Crippen molar-refractivity contribution in [3.05, 3.63) is 29.6 Å². The van der Waals surface area contributed by atoms with Gasteiger partial charge in [-0.05, 0) is 44.2 Å². The molecule has 0 bridgehead atoms. The average molecular weight is 251 g/mol. The largest absolute Gasteiger partial charge is 0.389 e. The molecule has 1 atom stereocenters. The minimum absolute atomic E-state index is 0.306. The molecular weight excluding hydrogens is 229 g/mol. The van der Waals surface area contributed by atoms with Crippen molar-refractivity contribution < 1.29 is 9.50 Å². The van der Waals surface area contributed by atoms with Crippen molar-refractivity contribution in [2.75, 3.05) is 18.0 Å². The summed E-state index contributed by atoms with van der Waals surface area (Å²) in [6, 6.07) is 5.07. The lowest BCUT2D eigenvalue weighted by Gasteiger charge is -2.28. The first-order chi connectivity index (χ1) is 8.63. The van der Waals surface area contributed by atoms with Crippen LogP contribution in [-0.2, 0) is 0 Å². The number of rotatable bonds is 6. The number of hydrogen-bond donors (Lipinski definition) is 1. The standard InChI is InChI=1S/C15H22FNO/c1-3-9-17(10-12-7-8-12)14-6-4-5-13(16)15(14)11(2)18/h4-6,11-12,18H,3,7-10H2,1-2H3.